The van der Waals surface area contributed by atoms with Crippen LogP contribution in [0.1, 0.15) is 10.9 Å². The number of halogens is 1. The maximum absolute atomic E-state index is 12.2. The first-order valence-electron chi connectivity index (χ1n) is 6.37. The number of hydrogen-bond acceptors (Lipinski definition) is 3. The van der Waals surface area contributed by atoms with Gasteiger partial charge in [-0.25, -0.2) is 0 Å². The van der Waals surface area contributed by atoms with Gasteiger partial charge in [0.1, 0.15) is 16.9 Å². The number of nitrogens with one attached hydrogen (secondary N) is 1. The predicted octanol–water partition coefficient (Wildman–Crippen LogP) is 3.62. The topological polar surface area (TPSA) is 47.6 Å². The molecule has 1 atom stereocenters. The van der Waals surface area contributed by atoms with Crippen molar-refractivity contribution in [3.05, 3.63) is 54.1 Å². The van der Waals surface area contributed by atoms with Crippen LogP contribution < -0.4 is 14.8 Å². The van der Waals surface area contributed by atoms with E-state index in [1.165, 1.54) is 7.11 Å². The Morgan fingerprint density at radius 2 is 1.81 bits per heavy atom. The van der Waals surface area contributed by atoms with Gasteiger partial charge in [-0.15, -0.1) is 11.6 Å². The Balaban J connectivity index is 2.19. The molecule has 0 bridgehead atoms. The fourth-order valence-corrected chi connectivity index (χ4v) is 2.08. The van der Waals surface area contributed by atoms with Crippen molar-refractivity contribution in [2.75, 3.05) is 19.5 Å². The molecule has 0 aliphatic carbocycles. The summed E-state index contributed by atoms with van der Waals surface area (Å²) in [6, 6.07) is 14.3. The number of methoxy groups -OCH3 is 2. The maximum atomic E-state index is 12.2. The first kappa shape index (κ1) is 15.2. The summed E-state index contributed by atoms with van der Waals surface area (Å²) in [4.78, 5) is 12.2. The van der Waals surface area contributed by atoms with Gasteiger partial charge in [-0.3, -0.25) is 4.79 Å². The molecule has 0 saturated heterocycles. The smallest absolute Gasteiger partial charge is 0.247 e. The van der Waals surface area contributed by atoms with Crippen LogP contribution >= 0.6 is 11.6 Å². The molecule has 1 N–H and O–H groups in total. The third kappa shape index (κ3) is 3.67. The number of anilines is 1. The Hall–Kier alpha value is -2.20. The Morgan fingerprint density at radius 1 is 1.10 bits per heavy atom. The lowest BCUT2D eigenvalue weighted by Gasteiger charge is -2.14. The number of rotatable bonds is 5. The number of hydrogen-bond donors (Lipinski definition) is 1. The zero-order valence-corrected chi connectivity index (χ0v) is 12.6. The van der Waals surface area contributed by atoms with Crippen LogP contribution in [-0.4, -0.2) is 20.1 Å². The molecule has 2 aromatic carbocycles. The summed E-state index contributed by atoms with van der Waals surface area (Å²) in [6.07, 6.45) is 0. The van der Waals surface area contributed by atoms with Crippen molar-refractivity contribution in [1.29, 1.82) is 0 Å². The van der Waals surface area contributed by atoms with Crippen molar-refractivity contribution < 1.29 is 14.3 Å². The normalized spacial score (nSPS) is 11.6. The summed E-state index contributed by atoms with van der Waals surface area (Å²) in [5.74, 6) is 0.840. The van der Waals surface area contributed by atoms with E-state index in [1.54, 1.807) is 37.4 Å². The number of carbonyl (C=O) groups excluding carboxylic acids is 1. The van der Waals surface area contributed by atoms with E-state index in [1.807, 2.05) is 18.2 Å². The molecule has 2 aromatic rings. The lowest BCUT2D eigenvalue weighted by Crippen LogP contribution is -2.17. The average molecular weight is 306 g/mol. The van der Waals surface area contributed by atoms with Crippen molar-refractivity contribution in [3.63, 3.8) is 0 Å². The molecule has 0 heterocycles. The minimum Gasteiger partial charge on any atom is -0.497 e. The van der Waals surface area contributed by atoms with Crippen LogP contribution in [-0.2, 0) is 4.79 Å². The number of alkyl halides is 1. The lowest BCUT2D eigenvalue weighted by atomic mass is 10.1. The van der Waals surface area contributed by atoms with Gasteiger partial charge in [-0.2, -0.15) is 0 Å². The van der Waals surface area contributed by atoms with Crippen molar-refractivity contribution in [2.24, 2.45) is 0 Å². The number of benzene rings is 2. The molecule has 0 saturated carbocycles. The van der Waals surface area contributed by atoms with Gasteiger partial charge in [0.15, 0.2) is 0 Å². The number of carbonyl (C=O) groups is 1. The van der Waals surface area contributed by atoms with E-state index in [2.05, 4.69) is 5.32 Å². The second-order valence-electron chi connectivity index (χ2n) is 4.33. The standard InChI is InChI=1S/C16H16ClNO3/c1-20-12-8-9-14(21-2)13(10-12)18-16(19)15(17)11-6-4-3-5-7-11/h3-10,15H,1-2H3,(H,18,19). The van der Waals surface area contributed by atoms with Crippen molar-refractivity contribution in [3.8, 4) is 11.5 Å². The van der Waals surface area contributed by atoms with Gasteiger partial charge in [0, 0.05) is 6.07 Å². The molecular formula is C16H16ClNO3. The molecular weight excluding hydrogens is 290 g/mol. The quantitative estimate of drug-likeness (QED) is 0.858. The molecule has 5 heteroatoms. The van der Waals surface area contributed by atoms with E-state index in [4.69, 9.17) is 21.1 Å². The van der Waals surface area contributed by atoms with Crippen LogP contribution in [0.25, 0.3) is 0 Å². The van der Waals surface area contributed by atoms with Gasteiger partial charge in [-0.05, 0) is 17.7 Å². The molecule has 4 nitrogen and oxygen atoms in total. The molecule has 0 spiro atoms. The SMILES string of the molecule is COc1ccc(OC)c(NC(=O)C(Cl)c2ccccc2)c1. The van der Waals surface area contributed by atoms with Gasteiger partial charge in [0.25, 0.3) is 0 Å². The highest BCUT2D eigenvalue weighted by Gasteiger charge is 2.19. The van der Waals surface area contributed by atoms with Crippen LogP contribution in [0.5, 0.6) is 11.5 Å². The summed E-state index contributed by atoms with van der Waals surface area (Å²) >= 11 is 6.19. The van der Waals surface area contributed by atoms with Crippen molar-refractivity contribution in [1.82, 2.24) is 0 Å². The van der Waals surface area contributed by atoms with Crippen LogP contribution in [0.3, 0.4) is 0 Å². The largest absolute Gasteiger partial charge is 0.497 e. The molecule has 0 aromatic heterocycles. The van der Waals surface area contributed by atoms with Crippen molar-refractivity contribution in [2.45, 2.75) is 5.38 Å². The molecule has 0 aliphatic rings. The summed E-state index contributed by atoms with van der Waals surface area (Å²) in [7, 11) is 3.09. The summed E-state index contributed by atoms with van der Waals surface area (Å²) in [5, 5.41) is 1.98. The molecule has 1 amide bonds. The fraction of sp³-hybridized carbons (Fsp3) is 0.188. The third-order valence-electron chi connectivity index (χ3n) is 2.99. The second-order valence-corrected chi connectivity index (χ2v) is 4.77. The van der Waals surface area contributed by atoms with Crippen LogP contribution in [0.15, 0.2) is 48.5 Å². The number of ether oxygens (including phenoxy) is 2. The first-order chi connectivity index (χ1) is 10.2. The lowest BCUT2D eigenvalue weighted by molar-refractivity contribution is -0.116. The molecule has 2 rings (SSSR count). The van der Waals surface area contributed by atoms with Gasteiger partial charge in [-0.1, -0.05) is 30.3 Å². The van der Waals surface area contributed by atoms with Crippen molar-refractivity contribution >= 4 is 23.2 Å². The average Bonchev–Trinajstić information content (AvgIpc) is 2.54. The highest BCUT2D eigenvalue weighted by molar-refractivity contribution is 6.32. The Labute approximate surface area is 128 Å². The van der Waals surface area contributed by atoms with Crippen LogP contribution in [0.4, 0.5) is 5.69 Å². The van der Waals surface area contributed by atoms with Gasteiger partial charge >= 0.3 is 0 Å². The summed E-state index contributed by atoms with van der Waals surface area (Å²) < 4.78 is 10.4. The van der Waals surface area contributed by atoms with E-state index in [0.29, 0.717) is 17.2 Å². The van der Waals surface area contributed by atoms with E-state index >= 15 is 0 Å². The van der Waals surface area contributed by atoms with E-state index in [0.717, 1.165) is 5.56 Å². The highest BCUT2D eigenvalue weighted by Crippen LogP contribution is 2.30. The highest BCUT2D eigenvalue weighted by atomic mass is 35.5. The first-order valence-corrected chi connectivity index (χ1v) is 6.81. The van der Waals surface area contributed by atoms with Gasteiger partial charge in [0.05, 0.1) is 19.9 Å². The van der Waals surface area contributed by atoms with Crippen LogP contribution in [0.2, 0.25) is 0 Å². The van der Waals surface area contributed by atoms with Gasteiger partial charge in [0.2, 0.25) is 5.91 Å². The Morgan fingerprint density at radius 3 is 2.43 bits per heavy atom. The third-order valence-corrected chi connectivity index (χ3v) is 3.44. The van der Waals surface area contributed by atoms with E-state index in [-0.39, 0.29) is 5.91 Å². The van der Waals surface area contributed by atoms with Gasteiger partial charge < -0.3 is 14.8 Å². The molecule has 0 radical (unpaired) electrons. The Bertz CT molecular complexity index is 616. The zero-order valence-electron chi connectivity index (χ0n) is 11.8. The monoisotopic (exact) mass is 305 g/mol. The zero-order chi connectivity index (χ0) is 15.2. The summed E-state index contributed by atoms with van der Waals surface area (Å²) in [6.45, 7) is 0. The van der Waals surface area contributed by atoms with E-state index in [9.17, 15) is 4.79 Å². The minimum atomic E-state index is -0.776. The molecule has 21 heavy (non-hydrogen) atoms. The van der Waals surface area contributed by atoms with Crippen LogP contribution in [0, 0.1) is 0 Å². The predicted molar refractivity (Wildman–Crippen MR) is 83.2 cm³/mol. The maximum Gasteiger partial charge on any atom is 0.247 e. The molecule has 0 aliphatic heterocycles. The Kier molecular flexibility index (Phi) is 5.06. The minimum absolute atomic E-state index is 0.325. The summed E-state index contributed by atoms with van der Waals surface area (Å²) in [5.41, 5.74) is 1.25. The second kappa shape index (κ2) is 6.99. The molecule has 1 unspecified atom stereocenters. The molecule has 0 fully saturated rings. The number of amides is 1. The fourth-order valence-electron chi connectivity index (χ4n) is 1.88. The molecule has 110 valence electrons. The van der Waals surface area contributed by atoms with E-state index < -0.39 is 5.38 Å².